The molecule has 0 fully saturated rings. The molecule has 0 aliphatic rings. The van der Waals surface area contributed by atoms with Crippen LogP contribution in [-0.4, -0.2) is 22.1 Å². The van der Waals surface area contributed by atoms with Crippen LogP contribution in [0.1, 0.15) is 22.6 Å². The van der Waals surface area contributed by atoms with E-state index in [1.54, 1.807) is 37.3 Å². The number of nitrogens with zero attached hydrogens (tertiary/aromatic N) is 2. The zero-order valence-electron chi connectivity index (χ0n) is 18.0. The number of hydrogen-bond donors (Lipinski definition) is 1. The van der Waals surface area contributed by atoms with Crippen LogP contribution in [0.3, 0.4) is 0 Å². The highest BCUT2D eigenvalue weighted by Crippen LogP contribution is 2.25. The second-order valence-electron chi connectivity index (χ2n) is 7.40. The fourth-order valence-corrected chi connectivity index (χ4v) is 3.21. The number of amides is 1. The van der Waals surface area contributed by atoms with Gasteiger partial charge in [-0.3, -0.25) is 9.59 Å². The number of aromatic nitrogens is 2. The van der Waals surface area contributed by atoms with Gasteiger partial charge in [0.2, 0.25) is 0 Å². The molecule has 2 aromatic heterocycles. The summed E-state index contributed by atoms with van der Waals surface area (Å²) >= 11 is 0. The average Bonchev–Trinajstić information content (AvgIpc) is 3.15. The van der Waals surface area contributed by atoms with E-state index in [1.165, 1.54) is 6.07 Å². The highest BCUT2D eigenvalue weighted by atomic mass is 16.5. The Morgan fingerprint density at radius 2 is 1.81 bits per heavy atom. The second kappa shape index (κ2) is 8.97. The van der Waals surface area contributed by atoms with Crippen LogP contribution in [0.25, 0.3) is 5.65 Å². The standard InChI is InChI=1S/C24H23N3O5/c1-15-7-6-10-20(17(15)3)31-14-23(28)26-19-8-4-5-9-21(19)30-13-18-12-24(29)27-22(25-18)11-16(2)32-27/h4-12H,13-14H2,1-3H3,(H,26,28). The number of nitrogens with one attached hydrogen (secondary N) is 1. The maximum absolute atomic E-state index is 12.4. The largest absolute Gasteiger partial charge is 0.485 e. The number of fused-ring (bicyclic) bond motifs is 1. The third-order valence-corrected chi connectivity index (χ3v) is 4.97. The minimum absolute atomic E-state index is 0.0574. The first-order valence-electron chi connectivity index (χ1n) is 10.1. The Bertz CT molecular complexity index is 1340. The van der Waals surface area contributed by atoms with E-state index >= 15 is 0 Å². The van der Waals surface area contributed by atoms with E-state index in [9.17, 15) is 9.59 Å². The molecule has 1 amide bonds. The molecule has 0 unspecified atom stereocenters. The van der Waals surface area contributed by atoms with Crippen LogP contribution < -0.4 is 20.3 Å². The number of carbonyl (C=O) groups excluding carboxylic acids is 1. The maximum atomic E-state index is 12.4. The molecule has 4 rings (SSSR count). The van der Waals surface area contributed by atoms with Gasteiger partial charge in [-0.05, 0) is 50.1 Å². The molecule has 8 heteroatoms. The molecular formula is C24H23N3O5. The summed E-state index contributed by atoms with van der Waals surface area (Å²) in [7, 11) is 0. The lowest BCUT2D eigenvalue weighted by atomic mass is 10.1. The van der Waals surface area contributed by atoms with Crippen LogP contribution in [0, 0.1) is 20.8 Å². The van der Waals surface area contributed by atoms with E-state index < -0.39 is 0 Å². The number of rotatable bonds is 7. The number of ether oxygens (including phenoxy) is 2. The van der Waals surface area contributed by atoms with Gasteiger partial charge in [-0.2, -0.15) is 0 Å². The molecule has 0 saturated carbocycles. The highest BCUT2D eigenvalue weighted by Gasteiger charge is 2.12. The summed E-state index contributed by atoms with van der Waals surface area (Å²) in [6.45, 7) is 5.61. The molecule has 164 valence electrons. The Kier molecular flexibility index (Phi) is 5.93. The van der Waals surface area contributed by atoms with Crippen molar-refractivity contribution < 1.29 is 18.8 Å². The molecule has 0 radical (unpaired) electrons. The van der Waals surface area contributed by atoms with Crippen molar-refractivity contribution in [3.63, 3.8) is 0 Å². The van der Waals surface area contributed by atoms with Gasteiger partial charge in [-0.1, -0.05) is 24.3 Å². The molecular weight excluding hydrogens is 410 g/mol. The molecule has 0 atom stereocenters. The lowest BCUT2D eigenvalue weighted by molar-refractivity contribution is -0.118. The Balaban J connectivity index is 1.42. The van der Waals surface area contributed by atoms with Gasteiger partial charge in [0.05, 0.1) is 11.4 Å². The predicted octanol–water partition coefficient (Wildman–Crippen LogP) is 3.81. The monoisotopic (exact) mass is 433 g/mol. The van der Waals surface area contributed by atoms with Crippen LogP contribution >= 0.6 is 0 Å². The summed E-state index contributed by atoms with van der Waals surface area (Å²) in [5.41, 5.74) is 3.13. The van der Waals surface area contributed by atoms with Crippen molar-refractivity contribution in [2.45, 2.75) is 27.4 Å². The number of hydrogen-bond acceptors (Lipinski definition) is 6. The first kappa shape index (κ1) is 21.2. The Labute approximate surface area is 184 Å². The normalized spacial score (nSPS) is 10.8. The van der Waals surface area contributed by atoms with E-state index in [0.29, 0.717) is 34.3 Å². The van der Waals surface area contributed by atoms with Gasteiger partial charge in [-0.25, -0.2) is 4.98 Å². The van der Waals surface area contributed by atoms with E-state index in [2.05, 4.69) is 10.3 Å². The van der Waals surface area contributed by atoms with Gasteiger partial charge in [0.25, 0.3) is 11.5 Å². The fraction of sp³-hybridized carbons (Fsp3) is 0.208. The number of para-hydroxylation sites is 2. The topological polar surface area (TPSA) is 95.1 Å². The zero-order valence-corrected chi connectivity index (χ0v) is 18.0. The molecule has 0 aliphatic carbocycles. The summed E-state index contributed by atoms with van der Waals surface area (Å²) in [6, 6.07) is 15.8. The van der Waals surface area contributed by atoms with Gasteiger partial charge < -0.3 is 19.3 Å². The molecule has 8 nitrogen and oxygen atoms in total. The van der Waals surface area contributed by atoms with Gasteiger partial charge in [0, 0.05) is 12.1 Å². The van der Waals surface area contributed by atoms with E-state index in [0.717, 1.165) is 15.7 Å². The van der Waals surface area contributed by atoms with Crippen molar-refractivity contribution in [2.75, 3.05) is 11.9 Å². The van der Waals surface area contributed by atoms with Crippen LogP contribution in [0.15, 0.2) is 63.9 Å². The second-order valence-corrected chi connectivity index (χ2v) is 7.40. The van der Waals surface area contributed by atoms with Crippen LogP contribution in [0.5, 0.6) is 11.5 Å². The van der Waals surface area contributed by atoms with Crippen molar-refractivity contribution in [3.05, 3.63) is 87.5 Å². The Morgan fingerprint density at radius 1 is 1.03 bits per heavy atom. The van der Waals surface area contributed by atoms with Gasteiger partial charge in [-0.15, -0.1) is 4.57 Å². The summed E-state index contributed by atoms with van der Waals surface area (Å²) < 4.78 is 17.9. The predicted molar refractivity (Wildman–Crippen MR) is 119 cm³/mol. The summed E-state index contributed by atoms with van der Waals surface area (Å²) in [4.78, 5) is 29.0. The highest BCUT2D eigenvalue weighted by molar-refractivity contribution is 5.93. The van der Waals surface area contributed by atoms with E-state index in [4.69, 9.17) is 14.0 Å². The molecule has 0 aliphatic heterocycles. The number of benzene rings is 2. The first-order chi connectivity index (χ1) is 15.4. The minimum Gasteiger partial charge on any atom is -0.485 e. The van der Waals surface area contributed by atoms with Crippen molar-refractivity contribution >= 4 is 17.2 Å². The van der Waals surface area contributed by atoms with Crippen molar-refractivity contribution in [3.8, 4) is 11.5 Å². The van der Waals surface area contributed by atoms with Crippen LogP contribution in [0.4, 0.5) is 5.69 Å². The van der Waals surface area contributed by atoms with Crippen LogP contribution in [-0.2, 0) is 11.4 Å². The number of aryl methyl sites for hydroxylation is 2. The molecule has 1 N–H and O–H groups in total. The molecule has 0 saturated heterocycles. The van der Waals surface area contributed by atoms with Crippen molar-refractivity contribution in [1.82, 2.24) is 9.56 Å². The van der Waals surface area contributed by atoms with Crippen LogP contribution in [0.2, 0.25) is 0 Å². The lowest BCUT2D eigenvalue weighted by Gasteiger charge is -2.14. The molecule has 0 bridgehead atoms. The van der Waals surface area contributed by atoms with E-state index in [1.807, 2.05) is 32.0 Å². The molecule has 2 aromatic carbocycles. The summed E-state index contributed by atoms with van der Waals surface area (Å²) in [5, 5.41) is 2.81. The van der Waals surface area contributed by atoms with Gasteiger partial charge >= 0.3 is 0 Å². The first-order valence-corrected chi connectivity index (χ1v) is 10.1. The molecule has 4 aromatic rings. The summed E-state index contributed by atoms with van der Waals surface area (Å²) in [6.07, 6.45) is 0. The summed E-state index contributed by atoms with van der Waals surface area (Å²) in [5.74, 6) is 1.40. The SMILES string of the molecule is Cc1cc2nc(COc3ccccc3NC(=O)COc3cccc(C)c3C)cc(=O)n2o1. The fourth-order valence-electron chi connectivity index (χ4n) is 3.21. The van der Waals surface area contributed by atoms with E-state index in [-0.39, 0.29) is 24.7 Å². The number of anilines is 1. The minimum atomic E-state index is -0.327. The average molecular weight is 433 g/mol. The van der Waals surface area contributed by atoms with Crippen molar-refractivity contribution in [2.24, 2.45) is 0 Å². The third kappa shape index (κ3) is 4.64. The van der Waals surface area contributed by atoms with Gasteiger partial charge in [0.1, 0.15) is 23.9 Å². The molecule has 0 spiro atoms. The Hall–Kier alpha value is -4.07. The molecule has 2 heterocycles. The number of carbonyl (C=O) groups is 1. The zero-order chi connectivity index (χ0) is 22.7. The van der Waals surface area contributed by atoms with Gasteiger partial charge in [0.15, 0.2) is 12.3 Å². The van der Waals surface area contributed by atoms with Crippen molar-refractivity contribution in [1.29, 1.82) is 0 Å². The lowest BCUT2D eigenvalue weighted by Crippen LogP contribution is -2.21. The quantitative estimate of drug-likeness (QED) is 0.476. The maximum Gasteiger partial charge on any atom is 0.287 e. The third-order valence-electron chi connectivity index (χ3n) is 4.97. The smallest absolute Gasteiger partial charge is 0.287 e. The molecule has 32 heavy (non-hydrogen) atoms. The Morgan fingerprint density at radius 3 is 2.66 bits per heavy atom.